The van der Waals surface area contributed by atoms with E-state index in [1.54, 1.807) is 6.07 Å². The summed E-state index contributed by atoms with van der Waals surface area (Å²) < 4.78 is 26.0. The van der Waals surface area contributed by atoms with Crippen LogP contribution in [0.15, 0.2) is 18.2 Å². The van der Waals surface area contributed by atoms with Crippen molar-refractivity contribution in [3.63, 3.8) is 0 Å². The second kappa shape index (κ2) is 4.40. The Morgan fingerprint density at radius 2 is 1.71 bits per heavy atom. The molecule has 0 heterocycles. The molecule has 2 aliphatic carbocycles. The van der Waals surface area contributed by atoms with Crippen molar-refractivity contribution in [3.05, 3.63) is 35.4 Å². The van der Waals surface area contributed by atoms with Crippen LogP contribution in [0.5, 0.6) is 0 Å². The summed E-state index contributed by atoms with van der Waals surface area (Å²) in [7, 11) is 0. The highest BCUT2D eigenvalue weighted by Crippen LogP contribution is 2.55. The molecular formula is C15H18F2. The standard InChI is InChI=1S/C15H18F2/c16-14-7-6-11(8-15(14)17)13-9-12(13)10-4-2-1-3-5-10/h6-8,10,12-13H,1-5,9H2/t12-,13-/m0/s1. The molecule has 3 rings (SSSR count). The van der Waals surface area contributed by atoms with Gasteiger partial charge in [-0.3, -0.25) is 0 Å². The molecule has 2 saturated carbocycles. The third-order valence-electron chi connectivity index (χ3n) is 4.47. The highest BCUT2D eigenvalue weighted by atomic mass is 19.2. The van der Waals surface area contributed by atoms with Crippen molar-refractivity contribution in [3.8, 4) is 0 Å². The molecule has 0 bridgehead atoms. The normalized spacial score (nSPS) is 29.3. The van der Waals surface area contributed by atoms with Gasteiger partial charge in [-0.2, -0.15) is 0 Å². The van der Waals surface area contributed by atoms with E-state index in [-0.39, 0.29) is 0 Å². The van der Waals surface area contributed by atoms with Crippen molar-refractivity contribution >= 4 is 0 Å². The van der Waals surface area contributed by atoms with Gasteiger partial charge in [0.2, 0.25) is 0 Å². The van der Waals surface area contributed by atoms with Gasteiger partial charge in [0.15, 0.2) is 11.6 Å². The third-order valence-corrected chi connectivity index (χ3v) is 4.47. The predicted molar refractivity (Wildman–Crippen MR) is 63.8 cm³/mol. The van der Waals surface area contributed by atoms with E-state index >= 15 is 0 Å². The molecule has 1 aromatic carbocycles. The molecule has 2 fully saturated rings. The third kappa shape index (κ3) is 2.22. The van der Waals surface area contributed by atoms with E-state index in [1.807, 2.05) is 0 Å². The first kappa shape index (κ1) is 11.2. The van der Waals surface area contributed by atoms with Crippen LogP contribution in [-0.4, -0.2) is 0 Å². The Morgan fingerprint density at radius 3 is 2.41 bits per heavy atom. The topological polar surface area (TPSA) is 0 Å². The van der Waals surface area contributed by atoms with Crippen molar-refractivity contribution < 1.29 is 8.78 Å². The molecule has 1 aromatic rings. The van der Waals surface area contributed by atoms with E-state index in [0.717, 1.165) is 17.4 Å². The average Bonchev–Trinajstić information content (AvgIpc) is 3.14. The lowest BCUT2D eigenvalue weighted by molar-refractivity contribution is 0.318. The molecule has 0 radical (unpaired) electrons. The fourth-order valence-electron chi connectivity index (χ4n) is 3.42. The first-order chi connectivity index (χ1) is 8.25. The van der Waals surface area contributed by atoms with Crippen LogP contribution in [0, 0.1) is 23.5 Å². The first-order valence-electron chi connectivity index (χ1n) is 6.70. The van der Waals surface area contributed by atoms with Crippen molar-refractivity contribution in [1.29, 1.82) is 0 Å². The second-order valence-electron chi connectivity index (χ2n) is 5.58. The number of rotatable bonds is 2. The lowest BCUT2D eigenvalue weighted by atomic mass is 9.84. The maximum absolute atomic E-state index is 13.2. The quantitative estimate of drug-likeness (QED) is 0.701. The van der Waals surface area contributed by atoms with Crippen LogP contribution in [0.4, 0.5) is 8.78 Å². The van der Waals surface area contributed by atoms with Crippen molar-refractivity contribution in [2.24, 2.45) is 11.8 Å². The van der Waals surface area contributed by atoms with E-state index in [4.69, 9.17) is 0 Å². The smallest absolute Gasteiger partial charge is 0.159 e. The zero-order valence-corrected chi connectivity index (χ0v) is 9.96. The fourth-order valence-corrected chi connectivity index (χ4v) is 3.42. The summed E-state index contributed by atoms with van der Waals surface area (Å²) in [6, 6.07) is 4.41. The summed E-state index contributed by atoms with van der Waals surface area (Å²) in [5.74, 6) is 0.635. The Morgan fingerprint density at radius 1 is 0.941 bits per heavy atom. The fraction of sp³-hybridized carbons (Fsp3) is 0.600. The van der Waals surface area contributed by atoms with Crippen molar-refractivity contribution in [2.45, 2.75) is 44.4 Å². The van der Waals surface area contributed by atoms with Gasteiger partial charge in [0, 0.05) is 0 Å². The van der Waals surface area contributed by atoms with Crippen LogP contribution >= 0.6 is 0 Å². The molecule has 2 atom stereocenters. The lowest BCUT2D eigenvalue weighted by Crippen LogP contribution is -2.09. The summed E-state index contributed by atoms with van der Waals surface area (Å²) in [6.07, 6.45) is 7.93. The highest BCUT2D eigenvalue weighted by Gasteiger charge is 2.43. The molecule has 0 unspecified atom stereocenters. The molecule has 0 aliphatic heterocycles. The maximum atomic E-state index is 13.2. The van der Waals surface area contributed by atoms with Crippen LogP contribution in [0.2, 0.25) is 0 Å². The van der Waals surface area contributed by atoms with Gasteiger partial charge in [-0.1, -0.05) is 38.2 Å². The Kier molecular flexibility index (Phi) is 2.89. The zero-order valence-electron chi connectivity index (χ0n) is 9.96. The molecule has 0 saturated heterocycles. The molecule has 2 heteroatoms. The van der Waals surface area contributed by atoms with Crippen LogP contribution < -0.4 is 0 Å². The van der Waals surface area contributed by atoms with E-state index in [1.165, 1.54) is 50.7 Å². The molecule has 17 heavy (non-hydrogen) atoms. The summed E-state index contributed by atoms with van der Waals surface area (Å²) in [4.78, 5) is 0. The monoisotopic (exact) mass is 236 g/mol. The van der Waals surface area contributed by atoms with E-state index in [9.17, 15) is 8.78 Å². The summed E-state index contributed by atoms with van der Waals surface area (Å²) in [6.45, 7) is 0. The van der Waals surface area contributed by atoms with Gasteiger partial charge in [-0.15, -0.1) is 0 Å². The summed E-state index contributed by atoms with van der Waals surface area (Å²) >= 11 is 0. The highest BCUT2D eigenvalue weighted by molar-refractivity contribution is 5.27. The van der Waals surface area contributed by atoms with Gasteiger partial charge in [0.05, 0.1) is 0 Å². The molecule has 0 spiro atoms. The molecule has 2 aliphatic rings. The Labute approximate surface area is 101 Å². The predicted octanol–water partition coefficient (Wildman–Crippen LogP) is 4.65. The maximum Gasteiger partial charge on any atom is 0.159 e. The minimum atomic E-state index is -0.733. The molecular weight excluding hydrogens is 218 g/mol. The lowest BCUT2D eigenvalue weighted by Gasteiger charge is -2.21. The minimum absolute atomic E-state index is 0.494. The van der Waals surface area contributed by atoms with Gasteiger partial charge >= 0.3 is 0 Å². The molecule has 92 valence electrons. The van der Waals surface area contributed by atoms with Crippen LogP contribution in [-0.2, 0) is 0 Å². The zero-order chi connectivity index (χ0) is 11.8. The van der Waals surface area contributed by atoms with Crippen LogP contribution in [0.25, 0.3) is 0 Å². The van der Waals surface area contributed by atoms with Gasteiger partial charge in [-0.25, -0.2) is 8.78 Å². The number of hydrogen-bond acceptors (Lipinski definition) is 0. The van der Waals surface area contributed by atoms with Crippen LogP contribution in [0.3, 0.4) is 0 Å². The minimum Gasteiger partial charge on any atom is -0.204 e. The molecule has 0 N–H and O–H groups in total. The van der Waals surface area contributed by atoms with E-state index in [0.29, 0.717) is 5.92 Å². The van der Waals surface area contributed by atoms with Crippen molar-refractivity contribution in [1.82, 2.24) is 0 Å². The number of benzene rings is 1. The van der Waals surface area contributed by atoms with Crippen LogP contribution in [0.1, 0.15) is 50.0 Å². The van der Waals surface area contributed by atoms with E-state index < -0.39 is 11.6 Å². The molecule has 0 amide bonds. The molecule has 0 nitrogen and oxygen atoms in total. The Hall–Kier alpha value is -0.920. The van der Waals surface area contributed by atoms with Gasteiger partial charge < -0.3 is 0 Å². The summed E-state index contributed by atoms with van der Waals surface area (Å²) in [5, 5.41) is 0. The Bertz CT molecular complexity index is 407. The Balaban J connectivity index is 1.68. The number of hydrogen-bond donors (Lipinski definition) is 0. The average molecular weight is 236 g/mol. The number of halogens is 2. The largest absolute Gasteiger partial charge is 0.204 e. The second-order valence-corrected chi connectivity index (χ2v) is 5.58. The van der Waals surface area contributed by atoms with Gasteiger partial charge in [0.25, 0.3) is 0 Å². The molecule has 0 aromatic heterocycles. The first-order valence-corrected chi connectivity index (χ1v) is 6.70. The SMILES string of the molecule is Fc1ccc([C@@H]2C[C@H]2C2CCCCC2)cc1F. The van der Waals surface area contributed by atoms with E-state index in [2.05, 4.69) is 0 Å². The van der Waals surface area contributed by atoms with Gasteiger partial charge in [-0.05, 0) is 41.9 Å². The van der Waals surface area contributed by atoms with Crippen molar-refractivity contribution in [2.75, 3.05) is 0 Å². The van der Waals surface area contributed by atoms with Gasteiger partial charge in [0.1, 0.15) is 0 Å². The summed E-state index contributed by atoms with van der Waals surface area (Å²) in [5.41, 5.74) is 1.000.